The molecule has 108 valence electrons. The molecule has 0 aliphatic carbocycles. The minimum absolute atomic E-state index is 0.0104. The van der Waals surface area contributed by atoms with E-state index in [1.54, 1.807) is 11.9 Å². The van der Waals surface area contributed by atoms with Crippen molar-refractivity contribution in [2.75, 3.05) is 13.7 Å². The van der Waals surface area contributed by atoms with E-state index in [-0.39, 0.29) is 12.5 Å². The minimum Gasteiger partial charge on any atom is -0.384 e. The Hall–Kier alpha value is -1.61. The second-order valence-corrected chi connectivity index (χ2v) is 6.75. The Balaban J connectivity index is 2.08. The largest absolute Gasteiger partial charge is 0.384 e. The first kappa shape index (κ1) is 15.8. The first-order valence-electron chi connectivity index (χ1n) is 6.28. The van der Waals surface area contributed by atoms with Crippen molar-refractivity contribution in [2.45, 2.75) is 6.54 Å². The van der Waals surface area contributed by atoms with Crippen LogP contribution in [0.2, 0.25) is 0 Å². The molecule has 0 saturated carbocycles. The van der Waals surface area contributed by atoms with Crippen molar-refractivity contribution in [3.63, 3.8) is 0 Å². The highest BCUT2D eigenvalue weighted by Crippen LogP contribution is 2.22. The molecule has 1 heterocycles. The molecule has 0 fully saturated rings. The topological polar surface area (TPSA) is 40.5 Å². The number of halogens is 1. The zero-order valence-electron chi connectivity index (χ0n) is 11.5. The fourth-order valence-corrected chi connectivity index (χ4v) is 3.01. The number of carbonyl (C=O) groups is 1. The SMILES string of the molecule is CN(Cc1cccc(C#CCO)c1)C(=O)c1csc(Br)c1. The minimum atomic E-state index is -0.157. The smallest absolute Gasteiger partial charge is 0.254 e. The highest BCUT2D eigenvalue weighted by atomic mass is 79.9. The van der Waals surface area contributed by atoms with E-state index in [0.717, 1.165) is 14.9 Å². The number of benzene rings is 1. The van der Waals surface area contributed by atoms with Crippen molar-refractivity contribution in [3.8, 4) is 11.8 Å². The molecule has 1 amide bonds. The Morgan fingerprint density at radius 1 is 1.43 bits per heavy atom. The Kier molecular flexibility index (Phi) is 5.57. The molecule has 0 spiro atoms. The summed E-state index contributed by atoms with van der Waals surface area (Å²) in [4.78, 5) is 13.9. The van der Waals surface area contributed by atoms with Crippen LogP contribution in [0.3, 0.4) is 0 Å². The van der Waals surface area contributed by atoms with Crippen LogP contribution in [0.5, 0.6) is 0 Å². The number of carbonyl (C=O) groups excluding carboxylic acids is 1. The lowest BCUT2D eigenvalue weighted by Crippen LogP contribution is -2.25. The summed E-state index contributed by atoms with van der Waals surface area (Å²) in [5.74, 6) is 5.47. The number of aliphatic hydroxyl groups excluding tert-OH is 1. The number of thiophene rings is 1. The third kappa shape index (κ3) is 4.43. The van der Waals surface area contributed by atoms with Crippen LogP contribution in [-0.2, 0) is 6.54 Å². The van der Waals surface area contributed by atoms with Crippen LogP contribution in [-0.4, -0.2) is 29.6 Å². The summed E-state index contributed by atoms with van der Waals surface area (Å²) in [6.07, 6.45) is 0. The van der Waals surface area contributed by atoms with Gasteiger partial charge in [0.15, 0.2) is 0 Å². The fraction of sp³-hybridized carbons (Fsp3) is 0.188. The summed E-state index contributed by atoms with van der Waals surface area (Å²) in [5.41, 5.74) is 2.52. The van der Waals surface area contributed by atoms with Crippen LogP contribution < -0.4 is 0 Å². The Labute approximate surface area is 136 Å². The van der Waals surface area contributed by atoms with E-state index in [4.69, 9.17) is 5.11 Å². The lowest BCUT2D eigenvalue weighted by atomic mass is 10.1. The lowest BCUT2D eigenvalue weighted by molar-refractivity contribution is 0.0785. The molecule has 0 atom stereocenters. The predicted octanol–water partition coefficient (Wildman–Crippen LogP) is 3.13. The van der Waals surface area contributed by atoms with Gasteiger partial charge >= 0.3 is 0 Å². The highest BCUT2D eigenvalue weighted by Gasteiger charge is 2.13. The summed E-state index contributed by atoms with van der Waals surface area (Å²) in [6.45, 7) is 0.358. The lowest BCUT2D eigenvalue weighted by Gasteiger charge is -2.16. The quantitative estimate of drug-likeness (QED) is 0.851. The van der Waals surface area contributed by atoms with Gasteiger partial charge in [-0.05, 0) is 39.7 Å². The van der Waals surface area contributed by atoms with Crippen LogP contribution in [0, 0.1) is 11.8 Å². The van der Waals surface area contributed by atoms with Crippen molar-refractivity contribution in [1.29, 1.82) is 0 Å². The third-order valence-corrected chi connectivity index (χ3v) is 4.32. The van der Waals surface area contributed by atoms with Crippen LogP contribution in [0.15, 0.2) is 39.5 Å². The van der Waals surface area contributed by atoms with Crippen molar-refractivity contribution >= 4 is 33.2 Å². The Morgan fingerprint density at radius 2 is 2.24 bits per heavy atom. The molecule has 3 nitrogen and oxygen atoms in total. The van der Waals surface area contributed by atoms with Gasteiger partial charge in [-0.25, -0.2) is 0 Å². The molecular weight excluding hydrogens is 350 g/mol. The van der Waals surface area contributed by atoms with Crippen LogP contribution in [0.25, 0.3) is 0 Å². The summed E-state index contributed by atoms with van der Waals surface area (Å²) in [7, 11) is 1.78. The number of hydrogen-bond donors (Lipinski definition) is 1. The van der Waals surface area contributed by atoms with Crippen molar-refractivity contribution in [2.24, 2.45) is 0 Å². The molecule has 1 aromatic carbocycles. The molecule has 21 heavy (non-hydrogen) atoms. The maximum absolute atomic E-state index is 12.3. The summed E-state index contributed by atoms with van der Waals surface area (Å²) >= 11 is 4.86. The summed E-state index contributed by atoms with van der Waals surface area (Å²) in [6, 6.07) is 9.49. The van der Waals surface area contributed by atoms with Crippen molar-refractivity contribution in [1.82, 2.24) is 4.90 Å². The molecule has 2 aromatic rings. The molecule has 0 unspecified atom stereocenters. The van der Waals surface area contributed by atoms with Gasteiger partial charge in [0.1, 0.15) is 6.61 Å². The van der Waals surface area contributed by atoms with E-state index in [9.17, 15) is 4.79 Å². The van der Waals surface area contributed by atoms with Gasteiger partial charge in [0.05, 0.1) is 9.35 Å². The van der Waals surface area contributed by atoms with Crippen molar-refractivity contribution < 1.29 is 9.90 Å². The second-order valence-electron chi connectivity index (χ2n) is 4.46. The number of amides is 1. The molecule has 0 radical (unpaired) electrons. The summed E-state index contributed by atoms with van der Waals surface area (Å²) < 4.78 is 0.945. The number of rotatable bonds is 3. The van der Waals surface area contributed by atoms with Gasteiger partial charge in [-0.15, -0.1) is 11.3 Å². The predicted molar refractivity (Wildman–Crippen MR) is 88.2 cm³/mol. The third-order valence-electron chi connectivity index (χ3n) is 2.82. The highest BCUT2D eigenvalue weighted by molar-refractivity contribution is 9.11. The molecule has 0 saturated heterocycles. The van der Waals surface area contributed by atoms with Gasteiger partial charge in [-0.2, -0.15) is 0 Å². The molecule has 0 bridgehead atoms. The van der Waals surface area contributed by atoms with E-state index >= 15 is 0 Å². The Bertz CT molecular complexity index is 700. The van der Waals surface area contributed by atoms with Gasteiger partial charge in [-0.1, -0.05) is 24.0 Å². The molecule has 0 aliphatic heterocycles. The molecule has 0 aliphatic rings. The molecule has 1 aromatic heterocycles. The zero-order chi connectivity index (χ0) is 15.2. The van der Waals surface area contributed by atoms with E-state index in [0.29, 0.717) is 12.1 Å². The van der Waals surface area contributed by atoms with Crippen molar-refractivity contribution in [3.05, 3.63) is 56.2 Å². The van der Waals surface area contributed by atoms with E-state index < -0.39 is 0 Å². The van der Waals surface area contributed by atoms with Crippen LogP contribution in [0.1, 0.15) is 21.5 Å². The first-order chi connectivity index (χ1) is 10.1. The van der Waals surface area contributed by atoms with Gasteiger partial charge < -0.3 is 10.0 Å². The van der Waals surface area contributed by atoms with E-state index in [2.05, 4.69) is 27.8 Å². The second kappa shape index (κ2) is 7.41. The zero-order valence-corrected chi connectivity index (χ0v) is 13.9. The van der Waals surface area contributed by atoms with Crippen LogP contribution in [0.4, 0.5) is 0 Å². The number of hydrogen-bond acceptors (Lipinski definition) is 3. The standard InChI is InChI=1S/C16H14BrNO2S/c1-18(16(20)14-9-15(17)21-11-14)10-13-5-2-4-12(8-13)6-3-7-19/h2,4-5,8-9,11,19H,7,10H2,1H3. The van der Waals surface area contributed by atoms with Gasteiger partial charge in [-0.3, -0.25) is 4.79 Å². The van der Waals surface area contributed by atoms with Crippen LogP contribution >= 0.6 is 27.3 Å². The molecule has 5 heteroatoms. The van der Waals surface area contributed by atoms with Gasteiger partial charge in [0, 0.05) is 24.5 Å². The molecular formula is C16H14BrNO2S. The monoisotopic (exact) mass is 363 g/mol. The number of aliphatic hydroxyl groups is 1. The first-order valence-corrected chi connectivity index (χ1v) is 7.95. The van der Waals surface area contributed by atoms with E-state index in [1.807, 2.05) is 35.7 Å². The Morgan fingerprint density at radius 3 is 2.90 bits per heavy atom. The maximum Gasteiger partial charge on any atom is 0.254 e. The van der Waals surface area contributed by atoms with Gasteiger partial charge in [0.25, 0.3) is 5.91 Å². The fourth-order valence-electron chi connectivity index (χ4n) is 1.88. The number of nitrogens with zero attached hydrogens (tertiary/aromatic N) is 1. The van der Waals surface area contributed by atoms with Gasteiger partial charge in [0.2, 0.25) is 0 Å². The average Bonchev–Trinajstić information content (AvgIpc) is 2.91. The average molecular weight is 364 g/mol. The maximum atomic E-state index is 12.3. The normalized spacial score (nSPS) is 9.86. The molecule has 1 N–H and O–H groups in total. The molecule has 2 rings (SSSR count). The van der Waals surface area contributed by atoms with E-state index in [1.165, 1.54) is 11.3 Å². The summed E-state index contributed by atoms with van der Waals surface area (Å²) in [5, 5.41) is 10.6.